The Morgan fingerprint density at radius 1 is 1.16 bits per heavy atom. The van der Waals surface area contributed by atoms with Crippen molar-refractivity contribution in [2.45, 2.75) is 39.8 Å². The molecule has 160 valence electrons. The molecule has 0 aliphatic rings. The Labute approximate surface area is 184 Å². The van der Waals surface area contributed by atoms with E-state index in [1.54, 1.807) is 11.3 Å². The minimum Gasteiger partial charge on any atom is -0.494 e. The molecule has 0 radical (unpaired) electrons. The van der Waals surface area contributed by atoms with Crippen molar-refractivity contribution in [2.24, 2.45) is 0 Å². The Kier molecular flexibility index (Phi) is 6.04. The number of fused-ring (bicyclic) bond motifs is 3. The topological polar surface area (TPSA) is 73.2 Å². The standard InChI is InChI=1S/C24H25N3O3S/c1-4-19(23(28)25-14-16-10-12-17(13-11-16)30-5-2)27-24(29)21-18-8-6-7-9-20(18)31-22(21)15(3)26-27/h6-13,19H,4-5,14H2,1-3H3,(H,25,28). The van der Waals surface area contributed by atoms with Crippen LogP contribution in [-0.2, 0) is 11.3 Å². The van der Waals surface area contributed by atoms with Crippen molar-refractivity contribution >= 4 is 37.4 Å². The SMILES string of the molecule is CCOc1ccc(CNC(=O)C(CC)n2nc(C)c3sc4ccccc4c3c2=O)cc1. The highest BCUT2D eigenvalue weighted by Crippen LogP contribution is 2.33. The normalized spacial score (nSPS) is 12.2. The van der Waals surface area contributed by atoms with Crippen LogP contribution in [0, 0.1) is 6.92 Å². The minimum atomic E-state index is -0.669. The molecular weight excluding hydrogens is 410 g/mol. The molecular formula is C24H25N3O3S. The molecule has 6 nitrogen and oxygen atoms in total. The fraction of sp³-hybridized carbons (Fsp3) is 0.292. The number of aromatic nitrogens is 2. The lowest BCUT2D eigenvalue weighted by Crippen LogP contribution is -2.38. The predicted octanol–water partition coefficient (Wildman–Crippen LogP) is 4.59. The number of amides is 1. The zero-order valence-electron chi connectivity index (χ0n) is 17.8. The second-order valence-electron chi connectivity index (χ2n) is 7.36. The first-order valence-corrected chi connectivity index (χ1v) is 11.2. The van der Waals surface area contributed by atoms with Crippen LogP contribution in [0.4, 0.5) is 0 Å². The summed E-state index contributed by atoms with van der Waals surface area (Å²) in [5.74, 6) is 0.579. The fourth-order valence-electron chi connectivity index (χ4n) is 3.74. The summed E-state index contributed by atoms with van der Waals surface area (Å²) >= 11 is 1.56. The minimum absolute atomic E-state index is 0.218. The van der Waals surface area contributed by atoms with Gasteiger partial charge in [0.1, 0.15) is 11.8 Å². The van der Waals surface area contributed by atoms with Crippen LogP contribution in [0.3, 0.4) is 0 Å². The van der Waals surface area contributed by atoms with Crippen molar-refractivity contribution in [1.29, 1.82) is 0 Å². The molecule has 1 amide bonds. The molecule has 0 aliphatic carbocycles. The third-order valence-corrected chi connectivity index (χ3v) is 6.57. The molecule has 0 fully saturated rings. The van der Waals surface area contributed by atoms with Gasteiger partial charge in [0.25, 0.3) is 5.56 Å². The van der Waals surface area contributed by atoms with Gasteiger partial charge in [-0.3, -0.25) is 9.59 Å². The van der Waals surface area contributed by atoms with E-state index < -0.39 is 6.04 Å². The van der Waals surface area contributed by atoms with E-state index in [2.05, 4.69) is 10.4 Å². The van der Waals surface area contributed by atoms with Crippen LogP contribution in [0.5, 0.6) is 5.75 Å². The smallest absolute Gasteiger partial charge is 0.276 e. The fourth-order valence-corrected chi connectivity index (χ4v) is 4.87. The maximum atomic E-state index is 13.3. The summed E-state index contributed by atoms with van der Waals surface area (Å²) in [4.78, 5) is 26.3. The molecule has 2 aromatic heterocycles. The molecule has 0 saturated carbocycles. The molecule has 0 spiro atoms. The molecule has 2 aromatic carbocycles. The van der Waals surface area contributed by atoms with Crippen LogP contribution >= 0.6 is 11.3 Å². The largest absolute Gasteiger partial charge is 0.494 e. The Balaban J connectivity index is 1.62. The van der Waals surface area contributed by atoms with Crippen LogP contribution < -0.4 is 15.6 Å². The molecule has 1 unspecified atom stereocenters. The Morgan fingerprint density at radius 3 is 2.61 bits per heavy atom. The average molecular weight is 436 g/mol. The van der Waals surface area contributed by atoms with E-state index in [0.29, 0.717) is 25.0 Å². The molecule has 7 heteroatoms. The molecule has 0 saturated heterocycles. The summed E-state index contributed by atoms with van der Waals surface area (Å²) in [5, 5.41) is 9.02. The van der Waals surface area contributed by atoms with Gasteiger partial charge in [-0.1, -0.05) is 37.3 Å². The summed E-state index contributed by atoms with van der Waals surface area (Å²) in [7, 11) is 0. The number of hydrogen-bond donors (Lipinski definition) is 1. The van der Waals surface area contributed by atoms with Crippen molar-refractivity contribution in [1.82, 2.24) is 15.1 Å². The van der Waals surface area contributed by atoms with E-state index in [4.69, 9.17) is 4.74 Å². The monoisotopic (exact) mass is 435 g/mol. The molecule has 0 aliphatic heterocycles. The van der Waals surface area contributed by atoms with Crippen molar-refractivity contribution in [3.05, 3.63) is 70.1 Å². The number of carbonyl (C=O) groups excluding carboxylic acids is 1. The van der Waals surface area contributed by atoms with E-state index in [1.807, 2.05) is 69.3 Å². The van der Waals surface area contributed by atoms with Gasteiger partial charge in [-0.15, -0.1) is 11.3 Å². The van der Waals surface area contributed by atoms with Crippen LogP contribution in [0.25, 0.3) is 20.2 Å². The Hall–Kier alpha value is -3.19. The number of thiophene rings is 1. The maximum absolute atomic E-state index is 13.3. The predicted molar refractivity (Wildman–Crippen MR) is 125 cm³/mol. The summed E-state index contributed by atoms with van der Waals surface area (Å²) in [6.07, 6.45) is 0.467. The molecule has 4 aromatic rings. The number of rotatable bonds is 7. The van der Waals surface area contributed by atoms with Crippen LogP contribution in [-0.4, -0.2) is 22.3 Å². The Bertz CT molecular complexity index is 1290. The van der Waals surface area contributed by atoms with Gasteiger partial charge in [0.05, 0.1) is 22.4 Å². The van der Waals surface area contributed by atoms with Gasteiger partial charge in [-0.05, 0) is 44.0 Å². The molecule has 2 heterocycles. The second kappa shape index (κ2) is 8.89. The summed E-state index contributed by atoms with van der Waals surface area (Å²) in [5.41, 5.74) is 1.50. The van der Waals surface area contributed by atoms with Gasteiger partial charge in [-0.2, -0.15) is 5.10 Å². The van der Waals surface area contributed by atoms with E-state index in [-0.39, 0.29) is 11.5 Å². The number of nitrogens with zero attached hydrogens (tertiary/aromatic N) is 2. The number of ether oxygens (including phenoxy) is 1. The van der Waals surface area contributed by atoms with Crippen molar-refractivity contribution < 1.29 is 9.53 Å². The highest BCUT2D eigenvalue weighted by molar-refractivity contribution is 7.26. The number of hydrogen-bond acceptors (Lipinski definition) is 5. The van der Waals surface area contributed by atoms with E-state index in [9.17, 15) is 9.59 Å². The highest BCUT2D eigenvalue weighted by Gasteiger charge is 2.24. The third kappa shape index (κ3) is 4.05. The van der Waals surface area contributed by atoms with E-state index in [0.717, 1.165) is 31.8 Å². The van der Waals surface area contributed by atoms with Gasteiger partial charge in [-0.25, -0.2) is 4.68 Å². The first-order chi connectivity index (χ1) is 15.0. The lowest BCUT2D eigenvalue weighted by Gasteiger charge is -2.18. The quantitative estimate of drug-likeness (QED) is 0.461. The van der Waals surface area contributed by atoms with E-state index >= 15 is 0 Å². The van der Waals surface area contributed by atoms with Gasteiger partial charge in [0.15, 0.2) is 0 Å². The zero-order valence-corrected chi connectivity index (χ0v) is 18.7. The van der Waals surface area contributed by atoms with Gasteiger partial charge in [0.2, 0.25) is 5.91 Å². The van der Waals surface area contributed by atoms with Crippen LogP contribution in [0.1, 0.15) is 37.6 Å². The summed E-state index contributed by atoms with van der Waals surface area (Å²) < 4.78 is 8.73. The first-order valence-electron chi connectivity index (χ1n) is 10.4. The molecule has 31 heavy (non-hydrogen) atoms. The molecule has 4 rings (SSSR count). The number of aryl methyl sites for hydroxylation is 1. The number of carbonyl (C=O) groups is 1. The average Bonchev–Trinajstić information content (AvgIpc) is 3.18. The van der Waals surface area contributed by atoms with Gasteiger partial charge >= 0.3 is 0 Å². The molecule has 1 atom stereocenters. The highest BCUT2D eigenvalue weighted by atomic mass is 32.1. The summed E-state index contributed by atoms with van der Waals surface area (Å²) in [6.45, 7) is 6.70. The number of nitrogens with one attached hydrogen (secondary N) is 1. The van der Waals surface area contributed by atoms with Crippen LogP contribution in [0.15, 0.2) is 53.3 Å². The zero-order chi connectivity index (χ0) is 22.0. The summed E-state index contributed by atoms with van der Waals surface area (Å²) in [6, 6.07) is 14.8. The first kappa shape index (κ1) is 21.1. The Morgan fingerprint density at radius 2 is 1.90 bits per heavy atom. The van der Waals surface area contributed by atoms with Crippen molar-refractivity contribution in [3.63, 3.8) is 0 Å². The van der Waals surface area contributed by atoms with Crippen LogP contribution in [0.2, 0.25) is 0 Å². The van der Waals surface area contributed by atoms with Crippen molar-refractivity contribution in [3.8, 4) is 5.75 Å². The van der Waals surface area contributed by atoms with E-state index in [1.165, 1.54) is 4.68 Å². The number of benzene rings is 2. The lowest BCUT2D eigenvalue weighted by molar-refractivity contribution is -0.125. The molecule has 0 bridgehead atoms. The lowest BCUT2D eigenvalue weighted by atomic mass is 10.1. The van der Waals surface area contributed by atoms with Gasteiger partial charge in [0, 0.05) is 16.6 Å². The maximum Gasteiger partial charge on any atom is 0.276 e. The van der Waals surface area contributed by atoms with Gasteiger partial charge < -0.3 is 10.1 Å². The molecule has 1 N–H and O–H groups in total. The third-order valence-electron chi connectivity index (χ3n) is 5.29. The second-order valence-corrected chi connectivity index (χ2v) is 8.41. The van der Waals surface area contributed by atoms with Crippen molar-refractivity contribution in [2.75, 3.05) is 6.61 Å².